The summed E-state index contributed by atoms with van der Waals surface area (Å²) in [5.74, 6) is 0.623. The van der Waals surface area contributed by atoms with Crippen molar-refractivity contribution in [3.8, 4) is 0 Å². The molecular formula is C15H20N2S. The number of benzene rings is 1. The van der Waals surface area contributed by atoms with Crippen LogP contribution in [0.2, 0.25) is 0 Å². The number of hydrogen-bond acceptors (Lipinski definition) is 3. The van der Waals surface area contributed by atoms with Crippen LogP contribution in [-0.4, -0.2) is 18.1 Å². The summed E-state index contributed by atoms with van der Waals surface area (Å²) >= 11 is 1.67. The van der Waals surface area contributed by atoms with E-state index in [-0.39, 0.29) is 0 Å². The second-order valence-electron chi connectivity index (χ2n) is 4.58. The molecule has 0 aliphatic rings. The number of nitrogens with zero attached hydrogens (tertiary/aromatic N) is 1. The predicted octanol–water partition coefficient (Wildman–Crippen LogP) is 3.47. The van der Waals surface area contributed by atoms with E-state index in [0.717, 1.165) is 19.5 Å². The summed E-state index contributed by atoms with van der Waals surface area (Å²) in [5.41, 5.74) is 4.52. The summed E-state index contributed by atoms with van der Waals surface area (Å²) in [6.45, 7) is 4.38. The summed E-state index contributed by atoms with van der Waals surface area (Å²) in [6.07, 6.45) is 2.21. The number of aromatic nitrogens is 1. The molecule has 2 nitrogen and oxygen atoms in total. The van der Waals surface area contributed by atoms with E-state index in [2.05, 4.69) is 52.9 Å². The highest BCUT2D eigenvalue weighted by Gasteiger charge is 2.03. The van der Waals surface area contributed by atoms with Crippen LogP contribution < -0.4 is 5.32 Å². The molecule has 1 atom stereocenters. The van der Waals surface area contributed by atoms with Crippen LogP contribution in [0.1, 0.15) is 30.5 Å². The van der Waals surface area contributed by atoms with Crippen LogP contribution in [0.5, 0.6) is 0 Å². The van der Waals surface area contributed by atoms with E-state index in [1.807, 2.05) is 5.51 Å². The van der Waals surface area contributed by atoms with Gasteiger partial charge >= 0.3 is 0 Å². The highest BCUT2D eigenvalue weighted by atomic mass is 32.1. The molecule has 0 radical (unpaired) electrons. The Morgan fingerprint density at radius 1 is 1.22 bits per heavy atom. The largest absolute Gasteiger partial charge is 0.316 e. The minimum Gasteiger partial charge on any atom is -0.316 e. The lowest BCUT2D eigenvalue weighted by molar-refractivity contribution is 0.593. The van der Waals surface area contributed by atoms with Gasteiger partial charge in [0, 0.05) is 18.3 Å². The fraction of sp³-hybridized carbons (Fsp3) is 0.400. The van der Waals surface area contributed by atoms with Gasteiger partial charge in [-0.15, -0.1) is 11.3 Å². The van der Waals surface area contributed by atoms with Gasteiger partial charge in [-0.2, -0.15) is 0 Å². The second-order valence-corrected chi connectivity index (χ2v) is 5.30. The summed E-state index contributed by atoms with van der Waals surface area (Å²) in [7, 11) is 0. The molecule has 0 fully saturated rings. The average molecular weight is 260 g/mol. The summed E-state index contributed by atoms with van der Waals surface area (Å²) in [4.78, 5) is 4.28. The van der Waals surface area contributed by atoms with Crippen LogP contribution in [0.4, 0.5) is 0 Å². The zero-order chi connectivity index (χ0) is 12.6. The summed E-state index contributed by atoms with van der Waals surface area (Å²) in [5, 5.41) is 5.61. The third-order valence-electron chi connectivity index (χ3n) is 3.16. The molecule has 3 heteroatoms. The monoisotopic (exact) mass is 260 g/mol. The van der Waals surface area contributed by atoms with Gasteiger partial charge in [0.1, 0.15) is 0 Å². The SMILES string of the molecule is CC(CCNCCc1cscn1)c1ccccc1. The molecule has 0 amide bonds. The van der Waals surface area contributed by atoms with Gasteiger partial charge < -0.3 is 5.32 Å². The first-order chi connectivity index (χ1) is 8.86. The highest BCUT2D eigenvalue weighted by molar-refractivity contribution is 7.07. The Labute approximate surface area is 113 Å². The maximum Gasteiger partial charge on any atom is 0.0794 e. The zero-order valence-corrected chi connectivity index (χ0v) is 11.6. The minimum atomic E-state index is 0.623. The van der Waals surface area contributed by atoms with Gasteiger partial charge in [0.25, 0.3) is 0 Å². The Bertz CT molecular complexity index is 425. The molecule has 0 bridgehead atoms. The van der Waals surface area contributed by atoms with E-state index < -0.39 is 0 Å². The first-order valence-electron chi connectivity index (χ1n) is 6.49. The third kappa shape index (κ3) is 4.24. The molecule has 1 aromatic carbocycles. The van der Waals surface area contributed by atoms with Crippen molar-refractivity contribution in [2.45, 2.75) is 25.7 Å². The van der Waals surface area contributed by atoms with Crippen LogP contribution in [0.15, 0.2) is 41.2 Å². The molecule has 96 valence electrons. The van der Waals surface area contributed by atoms with Gasteiger partial charge in [0.05, 0.1) is 11.2 Å². The molecule has 0 aliphatic heterocycles. The smallest absolute Gasteiger partial charge is 0.0794 e. The molecule has 0 saturated heterocycles. The standard InChI is InChI=1S/C15H20N2S/c1-13(14-5-3-2-4-6-14)7-9-16-10-8-15-11-18-12-17-15/h2-6,11-13,16H,7-10H2,1H3. The Morgan fingerprint density at radius 2 is 2.06 bits per heavy atom. The molecule has 1 heterocycles. The number of rotatable bonds is 7. The molecule has 18 heavy (non-hydrogen) atoms. The molecule has 0 aliphatic carbocycles. The fourth-order valence-corrected chi connectivity index (χ4v) is 2.56. The Balaban J connectivity index is 1.61. The van der Waals surface area contributed by atoms with Gasteiger partial charge in [-0.05, 0) is 24.4 Å². The van der Waals surface area contributed by atoms with Crippen LogP contribution >= 0.6 is 11.3 Å². The van der Waals surface area contributed by atoms with E-state index in [0.29, 0.717) is 5.92 Å². The van der Waals surface area contributed by atoms with Crippen molar-refractivity contribution < 1.29 is 0 Å². The molecule has 1 unspecified atom stereocenters. The lowest BCUT2D eigenvalue weighted by Gasteiger charge is -2.12. The van der Waals surface area contributed by atoms with E-state index in [9.17, 15) is 0 Å². The molecular weight excluding hydrogens is 240 g/mol. The minimum absolute atomic E-state index is 0.623. The number of thiazole rings is 1. The molecule has 2 aromatic rings. The van der Waals surface area contributed by atoms with Crippen LogP contribution in [0, 0.1) is 0 Å². The maximum absolute atomic E-state index is 4.28. The Hall–Kier alpha value is -1.19. The van der Waals surface area contributed by atoms with E-state index >= 15 is 0 Å². The van der Waals surface area contributed by atoms with Gasteiger partial charge in [-0.3, -0.25) is 0 Å². The van der Waals surface area contributed by atoms with E-state index in [4.69, 9.17) is 0 Å². The third-order valence-corrected chi connectivity index (χ3v) is 3.80. The van der Waals surface area contributed by atoms with Crippen molar-refractivity contribution in [3.05, 3.63) is 52.5 Å². The van der Waals surface area contributed by atoms with Crippen molar-refractivity contribution in [1.82, 2.24) is 10.3 Å². The topological polar surface area (TPSA) is 24.9 Å². The Kier molecular flexibility index (Phi) is 5.36. The molecule has 1 aromatic heterocycles. The fourth-order valence-electron chi connectivity index (χ4n) is 1.97. The Morgan fingerprint density at radius 3 is 2.78 bits per heavy atom. The molecule has 0 spiro atoms. The van der Waals surface area contributed by atoms with Gasteiger partial charge in [0.15, 0.2) is 0 Å². The lowest BCUT2D eigenvalue weighted by atomic mass is 9.98. The first kappa shape index (κ1) is 13.2. The summed E-state index contributed by atoms with van der Waals surface area (Å²) < 4.78 is 0. The van der Waals surface area contributed by atoms with Crippen LogP contribution in [-0.2, 0) is 6.42 Å². The van der Waals surface area contributed by atoms with Gasteiger partial charge in [0.2, 0.25) is 0 Å². The van der Waals surface area contributed by atoms with Crippen molar-refractivity contribution in [3.63, 3.8) is 0 Å². The van der Waals surface area contributed by atoms with Gasteiger partial charge in [-0.1, -0.05) is 37.3 Å². The highest BCUT2D eigenvalue weighted by Crippen LogP contribution is 2.17. The van der Waals surface area contributed by atoms with Crippen LogP contribution in [0.3, 0.4) is 0 Å². The van der Waals surface area contributed by atoms with Crippen molar-refractivity contribution in [1.29, 1.82) is 0 Å². The first-order valence-corrected chi connectivity index (χ1v) is 7.43. The summed E-state index contributed by atoms with van der Waals surface area (Å²) in [6, 6.07) is 10.7. The van der Waals surface area contributed by atoms with Crippen LogP contribution in [0.25, 0.3) is 0 Å². The van der Waals surface area contributed by atoms with E-state index in [1.165, 1.54) is 17.7 Å². The molecule has 0 saturated carbocycles. The maximum atomic E-state index is 4.28. The lowest BCUT2D eigenvalue weighted by Crippen LogP contribution is -2.20. The number of hydrogen-bond donors (Lipinski definition) is 1. The number of nitrogens with one attached hydrogen (secondary N) is 1. The predicted molar refractivity (Wildman–Crippen MR) is 78.2 cm³/mol. The van der Waals surface area contributed by atoms with Crippen molar-refractivity contribution in [2.24, 2.45) is 0 Å². The normalized spacial score (nSPS) is 12.5. The average Bonchev–Trinajstić information content (AvgIpc) is 2.92. The zero-order valence-electron chi connectivity index (χ0n) is 10.8. The molecule has 1 N–H and O–H groups in total. The molecule has 2 rings (SSSR count). The van der Waals surface area contributed by atoms with Crippen molar-refractivity contribution >= 4 is 11.3 Å². The van der Waals surface area contributed by atoms with Crippen molar-refractivity contribution in [2.75, 3.05) is 13.1 Å². The second kappa shape index (κ2) is 7.29. The van der Waals surface area contributed by atoms with Gasteiger partial charge in [-0.25, -0.2) is 4.98 Å². The quantitative estimate of drug-likeness (QED) is 0.771. The van der Waals surface area contributed by atoms with E-state index in [1.54, 1.807) is 11.3 Å².